The fourth-order valence-corrected chi connectivity index (χ4v) is 6.04. The predicted molar refractivity (Wildman–Crippen MR) is 115 cm³/mol. The van der Waals surface area contributed by atoms with E-state index >= 15 is 0 Å². The van der Waals surface area contributed by atoms with Gasteiger partial charge in [-0.2, -0.15) is 0 Å². The van der Waals surface area contributed by atoms with Crippen LogP contribution in [-0.2, 0) is 10.0 Å². The number of sulfonamides is 1. The van der Waals surface area contributed by atoms with E-state index in [2.05, 4.69) is 40.9 Å². The molecule has 0 spiro atoms. The SMILES string of the molecule is Cc1ccc(S(=O)(=O)NC[C@@H](c2ccc(N(C)C)cc2)[NH+]2CC[NH+](C)CC2)s1. The number of likely N-dealkylation sites (N-methyl/N-ethyl adjacent to an activating group) is 1. The van der Waals surface area contributed by atoms with Crippen LogP contribution in [0.2, 0.25) is 0 Å². The third kappa shape index (κ3) is 5.12. The fourth-order valence-electron chi connectivity index (χ4n) is 3.67. The average molecular weight is 425 g/mol. The topological polar surface area (TPSA) is 58.3 Å². The van der Waals surface area contributed by atoms with Crippen molar-refractivity contribution in [3.63, 3.8) is 0 Å². The van der Waals surface area contributed by atoms with Crippen LogP contribution in [0, 0.1) is 6.92 Å². The number of benzene rings is 1. The summed E-state index contributed by atoms with van der Waals surface area (Å²) in [6, 6.07) is 12.2. The molecule has 0 aliphatic carbocycles. The number of rotatable bonds is 7. The maximum atomic E-state index is 12.7. The molecule has 3 rings (SSSR count). The molecule has 0 saturated carbocycles. The van der Waals surface area contributed by atoms with E-state index in [9.17, 15) is 8.42 Å². The number of hydrogen-bond acceptors (Lipinski definition) is 4. The van der Waals surface area contributed by atoms with Crippen molar-refractivity contribution in [3.05, 3.63) is 46.8 Å². The number of quaternary nitrogens is 2. The van der Waals surface area contributed by atoms with Gasteiger partial charge in [-0.05, 0) is 31.2 Å². The summed E-state index contributed by atoms with van der Waals surface area (Å²) < 4.78 is 28.7. The van der Waals surface area contributed by atoms with Gasteiger partial charge in [-0.1, -0.05) is 12.1 Å². The Morgan fingerprint density at radius 2 is 1.71 bits per heavy atom. The minimum absolute atomic E-state index is 0.111. The Morgan fingerprint density at radius 3 is 2.25 bits per heavy atom. The normalized spacial score (nSPS) is 21.4. The number of nitrogens with zero attached hydrogens (tertiary/aromatic N) is 1. The van der Waals surface area contributed by atoms with Crippen LogP contribution >= 0.6 is 11.3 Å². The minimum Gasteiger partial charge on any atom is -0.378 e. The zero-order valence-corrected chi connectivity index (χ0v) is 18.8. The van der Waals surface area contributed by atoms with Crippen LogP contribution in [0.4, 0.5) is 5.69 Å². The summed E-state index contributed by atoms with van der Waals surface area (Å²) >= 11 is 1.32. The van der Waals surface area contributed by atoms with Crippen LogP contribution in [0.25, 0.3) is 0 Å². The van der Waals surface area contributed by atoms with Crippen molar-refractivity contribution in [3.8, 4) is 0 Å². The van der Waals surface area contributed by atoms with E-state index in [1.807, 2.05) is 27.1 Å². The molecule has 1 aliphatic heterocycles. The molecule has 1 aromatic carbocycles. The summed E-state index contributed by atoms with van der Waals surface area (Å²) in [6.45, 7) is 6.65. The van der Waals surface area contributed by atoms with Crippen molar-refractivity contribution in [2.45, 2.75) is 17.2 Å². The number of piperazine rings is 1. The molecule has 3 N–H and O–H groups in total. The van der Waals surface area contributed by atoms with Crippen LogP contribution in [0.3, 0.4) is 0 Å². The van der Waals surface area contributed by atoms with Crippen LogP contribution in [0.15, 0.2) is 40.6 Å². The van der Waals surface area contributed by atoms with Gasteiger partial charge < -0.3 is 14.7 Å². The van der Waals surface area contributed by atoms with Crippen molar-refractivity contribution in [2.24, 2.45) is 0 Å². The van der Waals surface area contributed by atoms with Gasteiger partial charge in [0.05, 0.1) is 13.6 Å². The lowest BCUT2D eigenvalue weighted by Crippen LogP contribution is -3.27. The molecular weight excluding hydrogens is 392 g/mol. The first-order valence-electron chi connectivity index (χ1n) is 9.75. The molecule has 0 amide bonds. The minimum atomic E-state index is -3.47. The van der Waals surface area contributed by atoms with E-state index in [4.69, 9.17) is 0 Å². The molecule has 0 radical (unpaired) electrons. The van der Waals surface area contributed by atoms with Gasteiger partial charge in [0.1, 0.15) is 36.4 Å². The van der Waals surface area contributed by atoms with E-state index < -0.39 is 10.0 Å². The lowest BCUT2D eigenvalue weighted by Gasteiger charge is -2.33. The van der Waals surface area contributed by atoms with E-state index in [-0.39, 0.29) is 6.04 Å². The van der Waals surface area contributed by atoms with Gasteiger partial charge in [0.2, 0.25) is 10.0 Å². The van der Waals surface area contributed by atoms with Crippen LogP contribution in [0.5, 0.6) is 0 Å². The highest BCUT2D eigenvalue weighted by molar-refractivity contribution is 7.91. The van der Waals surface area contributed by atoms with Crippen molar-refractivity contribution in [2.75, 3.05) is 58.8 Å². The molecule has 1 fully saturated rings. The maximum Gasteiger partial charge on any atom is 0.250 e. The zero-order chi connectivity index (χ0) is 20.3. The lowest BCUT2D eigenvalue weighted by molar-refractivity contribution is -1.02. The molecule has 1 saturated heterocycles. The summed E-state index contributed by atoms with van der Waals surface area (Å²) in [5, 5.41) is 0. The molecule has 2 aromatic rings. The molecule has 8 heteroatoms. The molecule has 154 valence electrons. The molecule has 0 unspecified atom stereocenters. The van der Waals surface area contributed by atoms with Gasteiger partial charge in [0.25, 0.3) is 0 Å². The summed E-state index contributed by atoms with van der Waals surface area (Å²) in [5.74, 6) is 0. The fraction of sp³-hybridized carbons (Fsp3) is 0.500. The molecular formula is C20H32N4O2S2+2. The van der Waals surface area contributed by atoms with Gasteiger partial charge in [0, 0.05) is 30.2 Å². The van der Waals surface area contributed by atoms with E-state index in [0.717, 1.165) is 36.7 Å². The van der Waals surface area contributed by atoms with Crippen LogP contribution in [-0.4, -0.2) is 62.3 Å². The van der Waals surface area contributed by atoms with Crippen molar-refractivity contribution in [1.82, 2.24) is 4.72 Å². The smallest absolute Gasteiger partial charge is 0.250 e. The zero-order valence-electron chi connectivity index (χ0n) is 17.2. The molecule has 1 atom stereocenters. The number of hydrogen-bond donors (Lipinski definition) is 3. The van der Waals surface area contributed by atoms with Crippen molar-refractivity contribution < 1.29 is 18.2 Å². The Balaban J connectivity index is 1.80. The van der Waals surface area contributed by atoms with Gasteiger partial charge in [0.15, 0.2) is 0 Å². The Labute approximate surface area is 172 Å². The Morgan fingerprint density at radius 1 is 1.07 bits per heavy atom. The van der Waals surface area contributed by atoms with Crippen LogP contribution in [0.1, 0.15) is 16.5 Å². The van der Waals surface area contributed by atoms with Gasteiger partial charge in [-0.3, -0.25) is 0 Å². The molecule has 28 heavy (non-hydrogen) atoms. The van der Waals surface area contributed by atoms with Crippen molar-refractivity contribution in [1.29, 1.82) is 0 Å². The number of aryl methyl sites for hydroxylation is 1. The monoisotopic (exact) mass is 424 g/mol. The number of nitrogens with one attached hydrogen (secondary N) is 3. The molecule has 1 aliphatic rings. The van der Waals surface area contributed by atoms with E-state index in [1.54, 1.807) is 11.0 Å². The van der Waals surface area contributed by atoms with Crippen LogP contribution < -0.4 is 19.4 Å². The summed E-state index contributed by atoms with van der Waals surface area (Å²) in [7, 11) is 2.80. The largest absolute Gasteiger partial charge is 0.378 e. The lowest BCUT2D eigenvalue weighted by atomic mass is 10.0. The predicted octanol–water partition coefficient (Wildman–Crippen LogP) is -0.445. The Kier molecular flexibility index (Phi) is 6.77. The van der Waals surface area contributed by atoms with Gasteiger partial charge in [-0.15, -0.1) is 11.3 Å². The Hall–Kier alpha value is -1.45. The van der Waals surface area contributed by atoms with E-state index in [1.165, 1.54) is 21.8 Å². The second-order valence-electron chi connectivity index (χ2n) is 7.87. The van der Waals surface area contributed by atoms with Gasteiger partial charge >= 0.3 is 0 Å². The standard InChI is InChI=1S/C20H30N4O2S2/c1-16-5-10-20(27-16)28(25,26)21-15-19(24-13-11-23(4)12-14-24)17-6-8-18(9-7-17)22(2)3/h5-10,19,21H,11-15H2,1-4H3/p+2/t19-/m0/s1. The van der Waals surface area contributed by atoms with Crippen molar-refractivity contribution >= 4 is 27.0 Å². The van der Waals surface area contributed by atoms with E-state index in [0.29, 0.717) is 10.8 Å². The molecule has 1 aromatic heterocycles. The highest BCUT2D eigenvalue weighted by Gasteiger charge is 2.31. The molecule has 2 heterocycles. The third-order valence-electron chi connectivity index (χ3n) is 5.51. The highest BCUT2D eigenvalue weighted by atomic mass is 32.2. The summed E-state index contributed by atoms with van der Waals surface area (Å²) in [6.07, 6.45) is 0. The second kappa shape index (κ2) is 8.92. The highest BCUT2D eigenvalue weighted by Crippen LogP contribution is 2.21. The number of thiophene rings is 1. The number of anilines is 1. The maximum absolute atomic E-state index is 12.7. The first-order chi connectivity index (χ1) is 13.3. The molecule has 0 bridgehead atoms. The third-order valence-corrected chi connectivity index (χ3v) is 8.42. The quantitative estimate of drug-likeness (QED) is 0.565. The summed E-state index contributed by atoms with van der Waals surface area (Å²) in [4.78, 5) is 6.07. The first kappa shape index (κ1) is 21.3. The Bertz CT molecular complexity index is 870. The summed E-state index contributed by atoms with van der Waals surface area (Å²) in [5.41, 5.74) is 2.33. The first-order valence-corrected chi connectivity index (χ1v) is 12.1. The second-order valence-corrected chi connectivity index (χ2v) is 11.2. The van der Waals surface area contributed by atoms with Gasteiger partial charge in [-0.25, -0.2) is 13.1 Å². The average Bonchev–Trinajstić information content (AvgIpc) is 3.11. The molecule has 6 nitrogen and oxygen atoms in total.